The Morgan fingerprint density at radius 1 is 1.18 bits per heavy atom. The first-order chi connectivity index (χ1) is 13.6. The van der Waals surface area contributed by atoms with Crippen LogP contribution in [0.1, 0.15) is 10.5 Å². The third kappa shape index (κ3) is 3.63. The van der Waals surface area contributed by atoms with Gasteiger partial charge in [-0.05, 0) is 36.4 Å². The van der Waals surface area contributed by atoms with Crippen molar-refractivity contribution < 1.29 is 13.9 Å². The number of methoxy groups -OCH3 is 1. The number of carbonyl (C=O) groups is 1. The third-order valence-corrected chi connectivity index (χ3v) is 4.77. The maximum absolute atomic E-state index is 13.9. The summed E-state index contributed by atoms with van der Waals surface area (Å²) in [6, 6.07) is 15.7. The first-order valence-corrected chi connectivity index (χ1v) is 9.24. The molecule has 0 atom stereocenters. The number of benzene rings is 2. The fourth-order valence-corrected chi connectivity index (χ4v) is 3.33. The monoisotopic (exact) mass is 394 g/mol. The molecule has 4 rings (SSSR count). The molecule has 0 saturated heterocycles. The smallest absolute Gasteiger partial charge is 0.277 e. The van der Waals surface area contributed by atoms with Gasteiger partial charge >= 0.3 is 0 Å². The summed E-state index contributed by atoms with van der Waals surface area (Å²) in [5, 5.41) is 9.17. The van der Waals surface area contributed by atoms with Crippen LogP contribution in [0.3, 0.4) is 0 Å². The number of ether oxygens (including phenoxy) is 1. The van der Waals surface area contributed by atoms with Crippen molar-refractivity contribution in [2.75, 3.05) is 12.4 Å². The van der Waals surface area contributed by atoms with E-state index in [1.807, 2.05) is 30.3 Å². The first kappa shape index (κ1) is 17.9. The van der Waals surface area contributed by atoms with E-state index in [1.54, 1.807) is 34.5 Å². The van der Waals surface area contributed by atoms with Crippen LogP contribution in [0.25, 0.3) is 16.9 Å². The van der Waals surface area contributed by atoms with Crippen LogP contribution in [-0.2, 0) is 0 Å². The fourth-order valence-electron chi connectivity index (χ4n) is 2.62. The molecule has 0 unspecified atom stereocenters. The van der Waals surface area contributed by atoms with Crippen LogP contribution in [0.2, 0.25) is 0 Å². The number of thiazole rings is 1. The summed E-state index contributed by atoms with van der Waals surface area (Å²) < 4.78 is 20.4. The zero-order valence-electron chi connectivity index (χ0n) is 14.8. The zero-order valence-corrected chi connectivity index (χ0v) is 15.6. The number of hydrogen-bond donors (Lipinski definition) is 1. The molecule has 1 amide bonds. The number of amides is 1. The van der Waals surface area contributed by atoms with Crippen LogP contribution < -0.4 is 10.1 Å². The lowest BCUT2D eigenvalue weighted by Gasteiger charge is -2.03. The van der Waals surface area contributed by atoms with Gasteiger partial charge in [0.05, 0.1) is 18.5 Å². The molecule has 0 saturated carbocycles. The zero-order chi connectivity index (χ0) is 19.5. The highest BCUT2D eigenvalue weighted by atomic mass is 32.1. The second kappa shape index (κ2) is 7.61. The molecule has 0 aliphatic carbocycles. The van der Waals surface area contributed by atoms with E-state index < -0.39 is 5.82 Å². The highest BCUT2D eigenvalue weighted by Gasteiger charge is 2.14. The van der Waals surface area contributed by atoms with Crippen LogP contribution >= 0.6 is 11.3 Å². The lowest BCUT2D eigenvalue weighted by molar-refractivity contribution is 0.102. The molecule has 1 N–H and O–H groups in total. The normalized spacial score (nSPS) is 10.6. The minimum Gasteiger partial charge on any atom is -0.494 e. The molecule has 0 fully saturated rings. The second-order valence-corrected chi connectivity index (χ2v) is 6.68. The number of anilines is 1. The molecule has 0 aliphatic heterocycles. The fraction of sp³-hybridized carbons (Fsp3) is 0.0500. The van der Waals surface area contributed by atoms with Crippen molar-refractivity contribution in [3.8, 4) is 22.7 Å². The standard InChI is InChI=1S/C20H15FN4O2S/c1-27-18-8-7-13(11-15(18)21)17-12-28-20(22-17)23-19(26)16-9-10-25(24-16)14-5-3-2-4-6-14/h2-12H,1H3,(H,22,23,26). The molecule has 0 aliphatic rings. The van der Waals surface area contributed by atoms with Crippen molar-refractivity contribution in [1.29, 1.82) is 0 Å². The number of nitrogens with zero attached hydrogens (tertiary/aromatic N) is 3. The highest BCUT2D eigenvalue weighted by molar-refractivity contribution is 7.14. The molecule has 140 valence electrons. The Morgan fingerprint density at radius 2 is 2.00 bits per heavy atom. The molecular formula is C20H15FN4O2S. The lowest BCUT2D eigenvalue weighted by atomic mass is 10.1. The molecule has 0 bridgehead atoms. The Hall–Kier alpha value is -3.52. The summed E-state index contributed by atoms with van der Waals surface area (Å²) >= 11 is 1.26. The average molecular weight is 394 g/mol. The molecule has 2 heterocycles. The van der Waals surface area contributed by atoms with Crippen molar-refractivity contribution >= 4 is 22.4 Å². The topological polar surface area (TPSA) is 69.0 Å². The van der Waals surface area contributed by atoms with Gasteiger partial charge in [-0.3, -0.25) is 10.1 Å². The van der Waals surface area contributed by atoms with Crippen LogP contribution in [0.5, 0.6) is 5.75 Å². The van der Waals surface area contributed by atoms with Gasteiger partial charge in [-0.15, -0.1) is 11.3 Å². The summed E-state index contributed by atoms with van der Waals surface area (Å²) in [6.45, 7) is 0. The number of nitrogens with one attached hydrogen (secondary N) is 1. The number of carbonyl (C=O) groups excluding carboxylic acids is 1. The van der Waals surface area contributed by atoms with Crippen LogP contribution in [0.15, 0.2) is 66.2 Å². The number of aromatic nitrogens is 3. The summed E-state index contributed by atoms with van der Waals surface area (Å²) in [5.41, 5.74) is 2.30. The van der Waals surface area contributed by atoms with Gasteiger partial charge in [-0.25, -0.2) is 14.1 Å². The van der Waals surface area contributed by atoms with E-state index in [1.165, 1.54) is 24.5 Å². The van der Waals surface area contributed by atoms with Gasteiger partial charge in [0.1, 0.15) is 0 Å². The van der Waals surface area contributed by atoms with Gasteiger partial charge < -0.3 is 4.74 Å². The van der Waals surface area contributed by atoms with Gasteiger partial charge in [0, 0.05) is 17.1 Å². The maximum Gasteiger partial charge on any atom is 0.277 e. The second-order valence-electron chi connectivity index (χ2n) is 5.82. The average Bonchev–Trinajstić information content (AvgIpc) is 3.38. The van der Waals surface area contributed by atoms with Crippen molar-refractivity contribution in [3.63, 3.8) is 0 Å². The molecule has 0 radical (unpaired) electrons. The van der Waals surface area contributed by atoms with Gasteiger partial charge in [-0.2, -0.15) is 5.10 Å². The third-order valence-electron chi connectivity index (χ3n) is 4.01. The molecule has 6 nitrogen and oxygen atoms in total. The van der Waals surface area contributed by atoms with Gasteiger partial charge in [0.15, 0.2) is 22.4 Å². The van der Waals surface area contributed by atoms with Gasteiger partial charge in [0.25, 0.3) is 5.91 Å². The predicted octanol–water partition coefficient (Wildman–Crippen LogP) is 4.40. The minimum absolute atomic E-state index is 0.168. The van der Waals surface area contributed by atoms with Crippen molar-refractivity contribution in [3.05, 3.63) is 77.7 Å². The van der Waals surface area contributed by atoms with Crippen molar-refractivity contribution in [2.45, 2.75) is 0 Å². The minimum atomic E-state index is -0.468. The Morgan fingerprint density at radius 3 is 2.75 bits per heavy atom. The highest BCUT2D eigenvalue weighted by Crippen LogP contribution is 2.28. The van der Waals surface area contributed by atoms with Crippen LogP contribution in [-0.4, -0.2) is 27.8 Å². The van der Waals surface area contributed by atoms with E-state index in [9.17, 15) is 9.18 Å². The molecular weight excluding hydrogens is 379 g/mol. The number of hydrogen-bond acceptors (Lipinski definition) is 5. The number of halogens is 1. The lowest BCUT2D eigenvalue weighted by Crippen LogP contribution is -2.13. The summed E-state index contributed by atoms with van der Waals surface area (Å²) in [7, 11) is 1.41. The van der Waals surface area contributed by atoms with Crippen molar-refractivity contribution in [1.82, 2.24) is 14.8 Å². The van der Waals surface area contributed by atoms with Crippen LogP contribution in [0, 0.1) is 5.82 Å². The molecule has 8 heteroatoms. The Balaban J connectivity index is 1.49. The van der Waals surface area contributed by atoms with Crippen molar-refractivity contribution in [2.24, 2.45) is 0 Å². The Labute approximate surface area is 164 Å². The molecule has 4 aromatic rings. The van der Waals surface area contributed by atoms with E-state index >= 15 is 0 Å². The Kier molecular flexibility index (Phi) is 4.86. The summed E-state index contributed by atoms with van der Waals surface area (Å²) in [4.78, 5) is 16.8. The van der Waals surface area contributed by atoms with E-state index in [-0.39, 0.29) is 17.4 Å². The van der Waals surface area contributed by atoms with E-state index in [2.05, 4.69) is 15.4 Å². The van der Waals surface area contributed by atoms with Gasteiger partial charge in [0.2, 0.25) is 0 Å². The van der Waals surface area contributed by atoms with E-state index in [0.29, 0.717) is 16.4 Å². The van der Waals surface area contributed by atoms with E-state index in [4.69, 9.17) is 4.74 Å². The van der Waals surface area contributed by atoms with E-state index in [0.717, 1.165) is 5.69 Å². The molecule has 2 aromatic heterocycles. The van der Waals surface area contributed by atoms with Gasteiger partial charge in [-0.1, -0.05) is 18.2 Å². The quantitative estimate of drug-likeness (QED) is 0.545. The maximum atomic E-state index is 13.9. The number of rotatable bonds is 5. The predicted molar refractivity (Wildman–Crippen MR) is 106 cm³/mol. The molecule has 28 heavy (non-hydrogen) atoms. The largest absolute Gasteiger partial charge is 0.494 e. The van der Waals surface area contributed by atoms with Crippen LogP contribution in [0.4, 0.5) is 9.52 Å². The SMILES string of the molecule is COc1ccc(-c2csc(NC(=O)c3ccn(-c4ccccc4)n3)n2)cc1F. The summed E-state index contributed by atoms with van der Waals surface area (Å²) in [5.74, 6) is -0.664. The molecule has 0 spiro atoms. The first-order valence-electron chi connectivity index (χ1n) is 8.36. The molecule has 2 aromatic carbocycles. The number of para-hydroxylation sites is 1. The Bertz CT molecular complexity index is 1120. The summed E-state index contributed by atoms with van der Waals surface area (Å²) in [6.07, 6.45) is 1.72.